The van der Waals surface area contributed by atoms with Crippen LogP contribution in [-0.2, 0) is 4.79 Å². The summed E-state index contributed by atoms with van der Waals surface area (Å²) in [6.45, 7) is 1.75. The maximum Gasteiger partial charge on any atom is 0.293 e. The number of hydrogen-bond acceptors (Lipinski definition) is 7. The fourth-order valence-electron chi connectivity index (χ4n) is 3.00. The van der Waals surface area contributed by atoms with Crippen LogP contribution in [-0.4, -0.2) is 47.3 Å². The van der Waals surface area contributed by atoms with Crippen LogP contribution in [0.1, 0.15) is 29.0 Å². The van der Waals surface area contributed by atoms with Crippen molar-refractivity contribution in [3.8, 4) is 5.75 Å². The standard InChI is InChI=1S/C24H25N5O5/c1-16(20-6-4-5-13-25-20)26-21-12-7-17(14-22(21)29(32)33)24(31)27-18-8-10-19(11-9-18)34-15-23(30)28(2)3/h4-14,16,26H,15H2,1-3H3,(H,27,31). The Balaban J connectivity index is 1.68. The Labute approximate surface area is 196 Å². The summed E-state index contributed by atoms with van der Waals surface area (Å²) in [6.07, 6.45) is 1.65. The number of likely N-dealkylation sites (N-methyl/N-ethyl adjacent to an activating group) is 1. The lowest BCUT2D eigenvalue weighted by Crippen LogP contribution is -2.27. The summed E-state index contributed by atoms with van der Waals surface area (Å²) in [5.41, 5.74) is 1.42. The van der Waals surface area contributed by atoms with E-state index in [0.717, 1.165) is 5.69 Å². The van der Waals surface area contributed by atoms with Gasteiger partial charge in [0.2, 0.25) is 0 Å². The molecule has 0 aliphatic rings. The van der Waals surface area contributed by atoms with Gasteiger partial charge in [0.15, 0.2) is 6.61 Å². The first kappa shape index (κ1) is 24.2. The summed E-state index contributed by atoms with van der Waals surface area (Å²) in [5, 5.41) is 17.4. The van der Waals surface area contributed by atoms with Gasteiger partial charge in [-0.2, -0.15) is 0 Å². The Morgan fingerprint density at radius 3 is 2.47 bits per heavy atom. The van der Waals surface area contributed by atoms with Crippen molar-refractivity contribution >= 4 is 28.9 Å². The van der Waals surface area contributed by atoms with Crippen LogP contribution in [0.5, 0.6) is 5.75 Å². The minimum Gasteiger partial charge on any atom is -0.484 e. The first-order chi connectivity index (χ1) is 16.2. The van der Waals surface area contributed by atoms with E-state index in [1.165, 1.54) is 23.1 Å². The predicted octanol–water partition coefficient (Wildman–Crippen LogP) is 3.88. The summed E-state index contributed by atoms with van der Waals surface area (Å²) in [7, 11) is 3.27. The molecule has 1 aromatic heterocycles. The number of anilines is 2. The fraction of sp³-hybridized carbons (Fsp3) is 0.208. The molecule has 34 heavy (non-hydrogen) atoms. The number of rotatable bonds is 9. The highest BCUT2D eigenvalue weighted by Crippen LogP contribution is 2.29. The van der Waals surface area contributed by atoms with Crippen LogP contribution >= 0.6 is 0 Å². The molecular weight excluding hydrogens is 438 g/mol. The van der Waals surface area contributed by atoms with Crippen molar-refractivity contribution in [3.63, 3.8) is 0 Å². The molecule has 0 aliphatic heterocycles. The van der Waals surface area contributed by atoms with Crippen LogP contribution in [0.2, 0.25) is 0 Å². The second-order valence-corrected chi connectivity index (χ2v) is 7.67. The van der Waals surface area contributed by atoms with Crippen molar-refractivity contribution < 1.29 is 19.2 Å². The van der Waals surface area contributed by atoms with Gasteiger partial charge in [0, 0.05) is 37.6 Å². The number of hydrogen-bond donors (Lipinski definition) is 2. The van der Waals surface area contributed by atoms with Gasteiger partial charge in [0.1, 0.15) is 11.4 Å². The summed E-state index contributed by atoms with van der Waals surface area (Å²) in [4.78, 5) is 41.1. The van der Waals surface area contributed by atoms with Gasteiger partial charge in [0.25, 0.3) is 17.5 Å². The maximum atomic E-state index is 12.7. The van der Waals surface area contributed by atoms with Gasteiger partial charge in [-0.3, -0.25) is 24.7 Å². The molecule has 0 saturated carbocycles. The van der Waals surface area contributed by atoms with E-state index in [2.05, 4.69) is 15.6 Å². The average molecular weight is 463 g/mol. The summed E-state index contributed by atoms with van der Waals surface area (Å²) < 4.78 is 5.40. The highest BCUT2D eigenvalue weighted by Gasteiger charge is 2.20. The number of aromatic nitrogens is 1. The molecule has 1 atom stereocenters. The molecule has 0 spiro atoms. The molecule has 3 rings (SSSR count). The Morgan fingerprint density at radius 2 is 1.85 bits per heavy atom. The van der Waals surface area contributed by atoms with Crippen molar-refractivity contribution in [1.82, 2.24) is 9.88 Å². The van der Waals surface area contributed by atoms with Gasteiger partial charge >= 0.3 is 0 Å². The second-order valence-electron chi connectivity index (χ2n) is 7.67. The lowest BCUT2D eigenvalue weighted by Gasteiger charge is -2.15. The van der Waals surface area contributed by atoms with Crippen molar-refractivity contribution in [2.45, 2.75) is 13.0 Å². The molecule has 0 fully saturated rings. The number of pyridine rings is 1. The van der Waals surface area contributed by atoms with Gasteiger partial charge in [0.05, 0.1) is 16.7 Å². The number of nitro benzene ring substituents is 1. The fourth-order valence-corrected chi connectivity index (χ4v) is 3.00. The normalized spacial score (nSPS) is 11.3. The van der Waals surface area contributed by atoms with E-state index in [1.54, 1.807) is 50.6 Å². The number of benzene rings is 2. The summed E-state index contributed by atoms with van der Waals surface area (Å²) in [5.74, 6) is -0.198. The van der Waals surface area contributed by atoms with Crippen LogP contribution in [0.15, 0.2) is 66.9 Å². The van der Waals surface area contributed by atoms with Gasteiger partial charge in [-0.1, -0.05) is 6.07 Å². The number of nitro groups is 1. The first-order valence-corrected chi connectivity index (χ1v) is 10.4. The number of ether oxygens (including phenoxy) is 1. The molecule has 2 aromatic carbocycles. The molecule has 0 radical (unpaired) electrons. The summed E-state index contributed by atoms with van der Waals surface area (Å²) in [6, 6.07) is 15.9. The average Bonchev–Trinajstić information content (AvgIpc) is 2.83. The van der Waals surface area contributed by atoms with Crippen LogP contribution in [0.25, 0.3) is 0 Å². The molecule has 0 aliphatic carbocycles. The van der Waals surface area contributed by atoms with Crippen LogP contribution < -0.4 is 15.4 Å². The molecule has 176 valence electrons. The van der Waals surface area contributed by atoms with Crippen LogP contribution in [0.4, 0.5) is 17.1 Å². The van der Waals surface area contributed by atoms with Crippen molar-refractivity contribution in [2.75, 3.05) is 31.3 Å². The van der Waals surface area contributed by atoms with E-state index in [-0.39, 0.29) is 35.5 Å². The number of carbonyl (C=O) groups excluding carboxylic acids is 2. The van der Waals surface area contributed by atoms with Crippen molar-refractivity contribution in [3.05, 3.63) is 88.2 Å². The molecule has 2 N–H and O–H groups in total. The predicted molar refractivity (Wildman–Crippen MR) is 128 cm³/mol. The van der Waals surface area contributed by atoms with E-state index in [1.807, 2.05) is 19.1 Å². The molecule has 1 heterocycles. The zero-order chi connectivity index (χ0) is 24.7. The van der Waals surface area contributed by atoms with E-state index in [0.29, 0.717) is 11.4 Å². The highest BCUT2D eigenvalue weighted by atomic mass is 16.6. The van der Waals surface area contributed by atoms with Crippen LogP contribution in [0.3, 0.4) is 0 Å². The Hall–Kier alpha value is -4.47. The number of amides is 2. The topological polar surface area (TPSA) is 127 Å². The molecule has 3 aromatic rings. The van der Waals surface area contributed by atoms with Gasteiger partial charge in [-0.25, -0.2) is 0 Å². The largest absolute Gasteiger partial charge is 0.484 e. The molecule has 0 bridgehead atoms. The lowest BCUT2D eigenvalue weighted by atomic mass is 10.1. The van der Waals surface area contributed by atoms with E-state index in [4.69, 9.17) is 4.74 Å². The minimum atomic E-state index is -0.536. The minimum absolute atomic E-state index is 0.0955. The number of nitrogens with one attached hydrogen (secondary N) is 2. The van der Waals surface area contributed by atoms with Crippen molar-refractivity contribution in [2.24, 2.45) is 0 Å². The third kappa shape index (κ3) is 6.28. The van der Waals surface area contributed by atoms with Crippen molar-refractivity contribution in [1.29, 1.82) is 0 Å². The molecule has 0 saturated heterocycles. The quantitative estimate of drug-likeness (QED) is 0.364. The van der Waals surface area contributed by atoms with Crippen LogP contribution in [0, 0.1) is 10.1 Å². The smallest absolute Gasteiger partial charge is 0.293 e. The molecule has 1 unspecified atom stereocenters. The van der Waals surface area contributed by atoms with E-state index in [9.17, 15) is 19.7 Å². The highest BCUT2D eigenvalue weighted by molar-refractivity contribution is 6.05. The molecule has 10 heteroatoms. The molecule has 2 amide bonds. The van der Waals surface area contributed by atoms with E-state index >= 15 is 0 Å². The zero-order valence-corrected chi connectivity index (χ0v) is 19.0. The Morgan fingerprint density at radius 1 is 1.12 bits per heavy atom. The van der Waals surface area contributed by atoms with Gasteiger partial charge in [-0.05, 0) is 55.5 Å². The number of nitrogens with zero attached hydrogens (tertiary/aromatic N) is 3. The second kappa shape index (κ2) is 10.9. The maximum absolute atomic E-state index is 12.7. The van der Waals surface area contributed by atoms with E-state index < -0.39 is 10.8 Å². The third-order valence-corrected chi connectivity index (χ3v) is 4.93. The summed E-state index contributed by atoms with van der Waals surface area (Å²) >= 11 is 0. The third-order valence-electron chi connectivity index (χ3n) is 4.93. The molecule has 10 nitrogen and oxygen atoms in total. The van der Waals surface area contributed by atoms with Gasteiger partial charge in [-0.15, -0.1) is 0 Å². The Kier molecular flexibility index (Phi) is 7.75. The van der Waals surface area contributed by atoms with Gasteiger partial charge < -0.3 is 20.3 Å². The SMILES string of the molecule is CC(Nc1ccc(C(=O)Nc2ccc(OCC(=O)N(C)C)cc2)cc1[N+](=O)[O-])c1ccccn1. The molecular formula is C24H25N5O5. The first-order valence-electron chi connectivity index (χ1n) is 10.4. The Bertz CT molecular complexity index is 1170. The zero-order valence-electron chi connectivity index (χ0n) is 19.0. The monoisotopic (exact) mass is 463 g/mol. The lowest BCUT2D eigenvalue weighted by molar-refractivity contribution is -0.384. The number of carbonyl (C=O) groups is 2.